The molecule has 0 aliphatic heterocycles. The van der Waals surface area contributed by atoms with Crippen molar-refractivity contribution in [2.45, 2.75) is 0 Å². The van der Waals surface area contributed by atoms with Crippen molar-refractivity contribution in [3.63, 3.8) is 0 Å². The molecule has 0 saturated heterocycles. The van der Waals surface area contributed by atoms with Crippen LogP contribution in [0, 0.1) is 0 Å². The van der Waals surface area contributed by atoms with Gasteiger partial charge in [-0.05, 0) is 45.6 Å². The zero-order valence-corrected chi connectivity index (χ0v) is 12.5. The molecule has 0 saturated carbocycles. The van der Waals surface area contributed by atoms with Crippen molar-refractivity contribution in [2.75, 3.05) is 5.32 Å². The normalized spacial score (nSPS) is 10.2. The zero-order valence-electron chi connectivity index (χ0n) is 9.31. The minimum absolute atomic E-state index is 0.0709. The summed E-state index contributed by atoms with van der Waals surface area (Å²) in [6.45, 7) is 0. The summed E-state index contributed by atoms with van der Waals surface area (Å²) in [7, 11) is 0. The molecular formula is C12H7BrClNO3S. The van der Waals surface area contributed by atoms with Gasteiger partial charge in [0.25, 0.3) is 5.91 Å². The molecule has 0 bridgehead atoms. The Bertz CT molecular complexity index is 656. The Hall–Kier alpha value is -1.37. The van der Waals surface area contributed by atoms with Gasteiger partial charge in [0, 0.05) is 10.0 Å². The van der Waals surface area contributed by atoms with Crippen molar-refractivity contribution in [2.24, 2.45) is 0 Å². The number of carbonyl (C=O) groups excluding carboxylic acids is 1. The average Bonchev–Trinajstić information content (AvgIpc) is 2.80. The number of thiophene rings is 1. The Morgan fingerprint density at radius 2 is 2.05 bits per heavy atom. The first kappa shape index (κ1) is 14.0. The van der Waals surface area contributed by atoms with Crippen LogP contribution in [0.4, 0.5) is 5.00 Å². The Balaban J connectivity index is 2.23. The third-order valence-electron chi connectivity index (χ3n) is 2.30. The molecule has 4 nitrogen and oxygen atoms in total. The topological polar surface area (TPSA) is 66.4 Å². The van der Waals surface area contributed by atoms with Gasteiger partial charge in [0.2, 0.25) is 0 Å². The first-order chi connectivity index (χ1) is 8.99. The molecule has 2 rings (SSSR count). The van der Waals surface area contributed by atoms with Crippen LogP contribution >= 0.6 is 38.9 Å². The van der Waals surface area contributed by atoms with Crippen molar-refractivity contribution in [1.82, 2.24) is 0 Å². The Morgan fingerprint density at radius 3 is 2.68 bits per heavy atom. The summed E-state index contributed by atoms with van der Waals surface area (Å²) in [4.78, 5) is 22.9. The highest BCUT2D eigenvalue weighted by Gasteiger charge is 2.15. The summed E-state index contributed by atoms with van der Waals surface area (Å²) in [6.07, 6.45) is 0. The van der Waals surface area contributed by atoms with E-state index in [1.807, 2.05) is 0 Å². The van der Waals surface area contributed by atoms with E-state index in [-0.39, 0.29) is 5.56 Å². The van der Waals surface area contributed by atoms with Crippen LogP contribution in [-0.4, -0.2) is 17.0 Å². The van der Waals surface area contributed by atoms with E-state index in [9.17, 15) is 9.59 Å². The summed E-state index contributed by atoms with van der Waals surface area (Å²) in [6, 6.07) is 6.20. The van der Waals surface area contributed by atoms with Gasteiger partial charge in [-0.2, -0.15) is 0 Å². The monoisotopic (exact) mass is 359 g/mol. The van der Waals surface area contributed by atoms with E-state index in [1.165, 1.54) is 12.1 Å². The van der Waals surface area contributed by atoms with Crippen LogP contribution in [0.2, 0.25) is 5.02 Å². The number of hydrogen-bond acceptors (Lipinski definition) is 3. The standard InChI is InChI=1S/C12H7BrClNO3S/c13-8-2-1-6(5-9(8)14)10(16)15-11-7(12(17)18)3-4-19-11/h1-5H,(H,15,16)(H,17,18). The van der Waals surface area contributed by atoms with Crippen molar-refractivity contribution in [3.05, 3.63) is 50.3 Å². The van der Waals surface area contributed by atoms with Gasteiger partial charge in [0.15, 0.2) is 0 Å². The largest absolute Gasteiger partial charge is 0.478 e. The van der Waals surface area contributed by atoms with Gasteiger partial charge >= 0.3 is 5.97 Å². The van der Waals surface area contributed by atoms with Gasteiger partial charge < -0.3 is 10.4 Å². The van der Waals surface area contributed by atoms with Crippen LogP contribution in [0.5, 0.6) is 0 Å². The van der Waals surface area contributed by atoms with E-state index in [2.05, 4.69) is 21.2 Å². The summed E-state index contributed by atoms with van der Waals surface area (Å²) >= 11 is 10.3. The maximum Gasteiger partial charge on any atom is 0.338 e. The van der Waals surface area contributed by atoms with Gasteiger partial charge in [0.1, 0.15) is 5.00 Å². The Labute approximate surface area is 126 Å². The zero-order chi connectivity index (χ0) is 14.0. The SMILES string of the molecule is O=C(Nc1sccc1C(=O)O)c1ccc(Br)c(Cl)c1. The predicted octanol–water partition coefficient (Wildman–Crippen LogP) is 4.11. The number of carboxylic acids is 1. The lowest BCUT2D eigenvalue weighted by molar-refractivity contribution is 0.0698. The maximum atomic E-state index is 12.0. The fraction of sp³-hybridized carbons (Fsp3) is 0. The van der Waals surface area contributed by atoms with Crippen LogP contribution in [0.25, 0.3) is 0 Å². The summed E-state index contributed by atoms with van der Waals surface area (Å²) in [5.41, 5.74) is 0.430. The number of benzene rings is 1. The molecule has 2 aromatic rings. The summed E-state index contributed by atoms with van der Waals surface area (Å²) < 4.78 is 0.688. The van der Waals surface area contributed by atoms with Gasteiger partial charge in [-0.15, -0.1) is 11.3 Å². The minimum Gasteiger partial charge on any atom is -0.478 e. The summed E-state index contributed by atoms with van der Waals surface area (Å²) in [5, 5.41) is 13.8. The van der Waals surface area contributed by atoms with Crippen molar-refractivity contribution in [3.8, 4) is 0 Å². The minimum atomic E-state index is -1.08. The second kappa shape index (κ2) is 5.73. The van der Waals surface area contributed by atoms with Crippen LogP contribution in [-0.2, 0) is 0 Å². The van der Waals surface area contributed by atoms with Crippen LogP contribution in [0.3, 0.4) is 0 Å². The lowest BCUT2D eigenvalue weighted by Crippen LogP contribution is -2.13. The third-order valence-corrected chi connectivity index (χ3v) is 4.37. The van der Waals surface area contributed by atoms with Crippen LogP contribution in [0.15, 0.2) is 34.1 Å². The Kier molecular flexibility index (Phi) is 4.24. The van der Waals surface area contributed by atoms with Gasteiger partial charge in [-0.25, -0.2) is 4.79 Å². The number of nitrogens with one attached hydrogen (secondary N) is 1. The number of hydrogen-bond donors (Lipinski definition) is 2. The van der Waals surface area contributed by atoms with Crippen LogP contribution < -0.4 is 5.32 Å². The average molecular weight is 361 g/mol. The van der Waals surface area contributed by atoms with E-state index in [4.69, 9.17) is 16.7 Å². The first-order valence-electron chi connectivity index (χ1n) is 5.06. The molecule has 0 aliphatic carbocycles. The molecule has 98 valence electrons. The molecule has 0 aliphatic rings. The third kappa shape index (κ3) is 3.15. The highest BCUT2D eigenvalue weighted by atomic mass is 79.9. The molecular weight excluding hydrogens is 354 g/mol. The maximum absolute atomic E-state index is 12.0. The Morgan fingerprint density at radius 1 is 1.32 bits per heavy atom. The fourth-order valence-corrected chi connectivity index (χ4v) is 2.59. The molecule has 0 radical (unpaired) electrons. The smallest absolute Gasteiger partial charge is 0.338 e. The number of carbonyl (C=O) groups is 2. The van der Waals surface area contributed by atoms with Crippen molar-refractivity contribution < 1.29 is 14.7 Å². The second-order valence-corrected chi connectivity index (χ2v) is 5.73. The molecule has 0 atom stereocenters. The number of amides is 1. The number of halogens is 2. The van der Waals surface area contributed by atoms with E-state index >= 15 is 0 Å². The molecule has 7 heteroatoms. The lowest BCUT2D eigenvalue weighted by Gasteiger charge is -2.05. The second-order valence-electron chi connectivity index (χ2n) is 3.55. The number of anilines is 1. The molecule has 0 unspecified atom stereocenters. The lowest BCUT2D eigenvalue weighted by atomic mass is 10.2. The van der Waals surface area contributed by atoms with Crippen molar-refractivity contribution >= 4 is 55.7 Å². The number of rotatable bonds is 3. The summed E-state index contributed by atoms with van der Waals surface area (Å²) in [5.74, 6) is -1.48. The number of carboxylic acid groups (broad SMARTS) is 1. The quantitative estimate of drug-likeness (QED) is 0.865. The molecule has 0 fully saturated rings. The van der Waals surface area contributed by atoms with E-state index < -0.39 is 11.9 Å². The van der Waals surface area contributed by atoms with Crippen molar-refractivity contribution in [1.29, 1.82) is 0 Å². The van der Waals surface area contributed by atoms with E-state index in [1.54, 1.807) is 17.5 Å². The van der Waals surface area contributed by atoms with Gasteiger partial charge in [-0.1, -0.05) is 11.6 Å². The highest BCUT2D eigenvalue weighted by Crippen LogP contribution is 2.26. The highest BCUT2D eigenvalue weighted by molar-refractivity contribution is 9.10. The molecule has 1 amide bonds. The van der Waals surface area contributed by atoms with Crippen LogP contribution in [0.1, 0.15) is 20.7 Å². The molecule has 1 heterocycles. The fourth-order valence-electron chi connectivity index (χ4n) is 1.39. The van der Waals surface area contributed by atoms with E-state index in [0.717, 1.165) is 11.3 Å². The molecule has 2 N–H and O–H groups in total. The van der Waals surface area contributed by atoms with E-state index in [0.29, 0.717) is 20.1 Å². The molecule has 19 heavy (non-hydrogen) atoms. The molecule has 1 aromatic heterocycles. The number of aromatic carboxylic acids is 1. The predicted molar refractivity (Wildman–Crippen MR) is 78.4 cm³/mol. The van der Waals surface area contributed by atoms with Gasteiger partial charge in [0.05, 0.1) is 10.6 Å². The van der Waals surface area contributed by atoms with Gasteiger partial charge in [-0.3, -0.25) is 4.79 Å². The first-order valence-corrected chi connectivity index (χ1v) is 7.11. The molecule has 1 aromatic carbocycles. The molecule has 0 spiro atoms.